The van der Waals surface area contributed by atoms with Gasteiger partial charge in [-0.25, -0.2) is 13.8 Å². The molecule has 202 valence electrons. The number of sulfonamides is 1. The van der Waals surface area contributed by atoms with E-state index in [0.29, 0.717) is 17.2 Å². The van der Waals surface area contributed by atoms with Crippen molar-refractivity contribution in [2.75, 3.05) is 10.6 Å². The number of ether oxygens (including phenoxy) is 1. The van der Waals surface area contributed by atoms with Crippen LogP contribution in [-0.4, -0.2) is 37.4 Å². The number of carbonyl (C=O) groups excluding carboxylic acids is 1. The second kappa shape index (κ2) is 11.6. The van der Waals surface area contributed by atoms with Gasteiger partial charge in [-0.3, -0.25) is 9.10 Å². The third-order valence-electron chi connectivity index (χ3n) is 6.27. The van der Waals surface area contributed by atoms with Gasteiger partial charge >= 0.3 is 0 Å². The topological polar surface area (TPSA) is 93.0 Å². The number of nitrogens with zero attached hydrogens (tertiary/aromatic N) is 3. The van der Waals surface area contributed by atoms with E-state index in [0.717, 1.165) is 38.8 Å². The van der Waals surface area contributed by atoms with Gasteiger partial charge in [0.1, 0.15) is 17.5 Å². The predicted octanol–water partition coefficient (Wildman–Crippen LogP) is 5.50. The quantitative estimate of drug-likeness (QED) is 0.222. The summed E-state index contributed by atoms with van der Waals surface area (Å²) in [7, 11) is -3.78. The van der Waals surface area contributed by atoms with Crippen molar-refractivity contribution in [3.8, 4) is 17.2 Å². The molecule has 1 N–H and O–H groups in total. The maximum atomic E-state index is 13.0. The van der Waals surface area contributed by atoms with Crippen LogP contribution in [0.2, 0.25) is 0 Å². The fourth-order valence-electron chi connectivity index (χ4n) is 4.44. The molecule has 1 aromatic heterocycles. The minimum atomic E-state index is -3.78. The molecule has 0 spiro atoms. The maximum absolute atomic E-state index is 13.0. The zero-order chi connectivity index (χ0) is 28.2. The molecule has 8 nitrogen and oxygen atoms in total. The second-order valence-electron chi connectivity index (χ2n) is 9.38. The summed E-state index contributed by atoms with van der Waals surface area (Å²) in [6.07, 6.45) is 2.63. The van der Waals surface area contributed by atoms with E-state index in [-0.39, 0.29) is 0 Å². The Labute approximate surface area is 229 Å². The SMILES string of the molecule is Cc1cccc(-n2c(C)cc(/C=N\NC(=O)[C@H](C)N(c3ccc(Oc4ccccc4)cc3)S(C)(=O)=O)c2C)c1. The highest BCUT2D eigenvalue weighted by Gasteiger charge is 2.29. The highest BCUT2D eigenvalue weighted by atomic mass is 32.2. The van der Waals surface area contributed by atoms with Crippen molar-refractivity contribution in [3.63, 3.8) is 0 Å². The Morgan fingerprint density at radius 3 is 2.26 bits per heavy atom. The predicted molar refractivity (Wildman–Crippen MR) is 155 cm³/mol. The standard InChI is InChI=1S/C30H32N4O4S/c1-21-10-9-11-27(18-21)33-22(2)19-25(23(33)3)20-31-32-30(35)24(4)34(39(5,36)37)26-14-16-29(17-15-26)38-28-12-7-6-8-13-28/h6-20,24H,1-5H3,(H,32,35)/b31-20-/t24-/m0/s1. The summed E-state index contributed by atoms with van der Waals surface area (Å²) < 4.78 is 34.3. The van der Waals surface area contributed by atoms with E-state index >= 15 is 0 Å². The molecule has 0 radical (unpaired) electrons. The smallest absolute Gasteiger partial charge is 0.263 e. The van der Waals surface area contributed by atoms with Gasteiger partial charge in [0.2, 0.25) is 10.0 Å². The van der Waals surface area contributed by atoms with Gasteiger partial charge in [0.05, 0.1) is 18.2 Å². The zero-order valence-electron chi connectivity index (χ0n) is 22.6. The normalized spacial score (nSPS) is 12.3. The molecule has 4 aromatic rings. The molecule has 4 rings (SSSR count). The molecule has 0 saturated heterocycles. The lowest BCUT2D eigenvalue weighted by Gasteiger charge is -2.27. The summed E-state index contributed by atoms with van der Waals surface area (Å²) in [5.41, 5.74) is 7.88. The van der Waals surface area contributed by atoms with Crippen LogP contribution in [-0.2, 0) is 14.8 Å². The molecule has 0 unspecified atom stereocenters. The van der Waals surface area contributed by atoms with E-state index < -0.39 is 22.0 Å². The summed E-state index contributed by atoms with van der Waals surface area (Å²) >= 11 is 0. The fourth-order valence-corrected chi connectivity index (χ4v) is 5.61. The lowest BCUT2D eigenvalue weighted by Crippen LogP contribution is -2.46. The van der Waals surface area contributed by atoms with Crippen molar-refractivity contribution in [1.82, 2.24) is 9.99 Å². The Kier molecular flexibility index (Phi) is 8.21. The first-order valence-corrected chi connectivity index (χ1v) is 14.3. The van der Waals surface area contributed by atoms with Crippen LogP contribution in [0.4, 0.5) is 5.69 Å². The highest BCUT2D eigenvalue weighted by molar-refractivity contribution is 7.92. The first-order valence-electron chi connectivity index (χ1n) is 12.5. The number of nitrogens with one attached hydrogen (secondary N) is 1. The Bertz CT molecular complexity index is 1590. The number of rotatable bonds is 9. The summed E-state index contributed by atoms with van der Waals surface area (Å²) in [6.45, 7) is 7.55. The van der Waals surface area contributed by atoms with E-state index in [1.165, 1.54) is 6.92 Å². The van der Waals surface area contributed by atoms with Crippen molar-refractivity contribution >= 4 is 27.8 Å². The highest BCUT2D eigenvalue weighted by Crippen LogP contribution is 2.27. The van der Waals surface area contributed by atoms with Gasteiger partial charge in [-0.2, -0.15) is 5.10 Å². The number of para-hydroxylation sites is 1. The van der Waals surface area contributed by atoms with Crippen LogP contribution in [0.1, 0.15) is 29.4 Å². The zero-order valence-corrected chi connectivity index (χ0v) is 23.4. The van der Waals surface area contributed by atoms with Crippen molar-refractivity contribution in [2.24, 2.45) is 5.10 Å². The third-order valence-corrected chi connectivity index (χ3v) is 7.51. The van der Waals surface area contributed by atoms with Crippen molar-refractivity contribution < 1.29 is 17.9 Å². The number of hydrogen-bond donors (Lipinski definition) is 1. The molecule has 39 heavy (non-hydrogen) atoms. The fraction of sp³-hybridized carbons (Fsp3) is 0.200. The van der Waals surface area contributed by atoms with Crippen LogP contribution in [0.15, 0.2) is 90.0 Å². The van der Waals surface area contributed by atoms with Crippen LogP contribution in [0, 0.1) is 20.8 Å². The molecule has 1 heterocycles. The minimum Gasteiger partial charge on any atom is -0.457 e. The van der Waals surface area contributed by atoms with Gasteiger partial charge < -0.3 is 9.30 Å². The minimum absolute atomic E-state index is 0.339. The first-order chi connectivity index (χ1) is 18.5. The number of amides is 1. The number of benzene rings is 3. The van der Waals surface area contributed by atoms with Gasteiger partial charge in [-0.15, -0.1) is 0 Å². The second-order valence-corrected chi connectivity index (χ2v) is 11.2. The molecule has 0 saturated carbocycles. The molecule has 9 heteroatoms. The number of aryl methyl sites for hydroxylation is 2. The molecule has 0 aliphatic carbocycles. The molecule has 1 atom stereocenters. The van der Waals surface area contributed by atoms with Gasteiger partial charge in [0.25, 0.3) is 5.91 Å². The van der Waals surface area contributed by atoms with Gasteiger partial charge in [0.15, 0.2) is 0 Å². The van der Waals surface area contributed by atoms with Crippen molar-refractivity contribution in [1.29, 1.82) is 0 Å². The average Bonchev–Trinajstić information content (AvgIpc) is 3.17. The number of aromatic nitrogens is 1. The van der Waals surface area contributed by atoms with Crippen LogP contribution in [0.25, 0.3) is 5.69 Å². The molecule has 0 fully saturated rings. The van der Waals surface area contributed by atoms with E-state index in [4.69, 9.17) is 4.74 Å². The first kappa shape index (κ1) is 27.7. The van der Waals surface area contributed by atoms with E-state index in [9.17, 15) is 13.2 Å². The number of anilines is 1. The number of hydrazone groups is 1. The Morgan fingerprint density at radius 2 is 1.62 bits per heavy atom. The third kappa shape index (κ3) is 6.56. The van der Waals surface area contributed by atoms with Crippen LogP contribution in [0.5, 0.6) is 11.5 Å². The molecule has 1 amide bonds. The Balaban J connectivity index is 1.48. The Hall–Kier alpha value is -4.37. The van der Waals surface area contributed by atoms with Crippen LogP contribution in [0.3, 0.4) is 0 Å². The molecular weight excluding hydrogens is 512 g/mol. The molecular formula is C30H32N4O4S. The Morgan fingerprint density at radius 1 is 0.949 bits per heavy atom. The lowest BCUT2D eigenvalue weighted by molar-refractivity contribution is -0.121. The van der Waals surface area contributed by atoms with E-state index in [1.807, 2.05) is 75.4 Å². The van der Waals surface area contributed by atoms with E-state index in [1.54, 1.807) is 30.5 Å². The summed E-state index contributed by atoms with van der Waals surface area (Å²) in [5, 5.41) is 4.13. The van der Waals surface area contributed by atoms with E-state index in [2.05, 4.69) is 21.2 Å². The molecule has 0 aliphatic heterocycles. The number of carbonyl (C=O) groups is 1. The number of hydrogen-bond acceptors (Lipinski definition) is 5. The molecule has 3 aromatic carbocycles. The maximum Gasteiger partial charge on any atom is 0.263 e. The van der Waals surface area contributed by atoms with Gasteiger partial charge in [0, 0.05) is 22.6 Å². The lowest BCUT2D eigenvalue weighted by atomic mass is 10.2. The molecule has 0 aliphatic rings. The average molecular weight is 545 g/mol. The van der Waals surface area contributed by atoms with Gasteiger partial charge in [-0.05, 0) is 87.9 Å². The molecule has 0 bridgehead atoms. The largest absolute Gasteiger partial charge is 0.457 e. The summed E-state index contributed by atoms with van der Waals surface area (Å²) in [5.74, 6) is 0.646. The van der Waals surface area contributed by atoms with Crippen molar-refractivity contribution in [2.45, 2.75) is 33.7 Å². The monoisotopic (exact) mass is 544 g/mol. The summed E-state index contributed by atoms with van der Waals surface area (Å²) in [6, 6.07) is 24.9. The van der Waals surface area contributed by atoms with Crippen LogP contribution < -0.4 is 14.5 Å². The van der Waals surface area contributed by atoms with Crippen molar-refractivity contribution in [3.05, 3.63) is 107 Å². The summed E-state index contributed by atoms with van der Waals surface area (Å²) in [4.78, 5) is 13.0. The van der Waals surface area contributed by atoms with Crippen LogP contribution >= 0.6 is 0 Å². The van der Waals surface area contributed by atoms with Gasteiger partial charge in [-0.1, -0.05) is 30.3 Å².